The van der Waals surface area contributed by atoms with Gasteiger partial charge in [0.1, 0.15) is 17.4 Å². The molecular weight excluding hydrogens is 644 g/mol. The number of likely N-dealkylation sites (tertiary alicyclic amines) is 1. The molecule has 12 nitrogen and oxygen atoms in total. The average molecular weight is 674 g/mol. The highest BCUT2D eigenvalue weighted by Crippen LogP contribution is 2.39. The number of carboxylic acid groups (broad SMARTS) is 1. The lowest BCUT2D eigenvalue weighted by atomic mass is 10.1. The predicted molar refractivity (Wildman–Crippen MR) is 150 cm³/mol. The molecule has 1 aromatic heterocycles. The molecule has 1 fully saturated rings. The molecule has 0 radical (unpaired) electrons. The van der Waals surface area contributed by atoms with E-state index in [-0.39, 0.29) is 43.3 Å². The Labute approximate surface area is 263 Å². The van der Waals surface area contributed by atoms with Gasteiger partial charge in [-0.25, -0.2) is 9.59 Å². The fourth-order valence-electron chi connectivity index (χ4n) is 4.59. The number of benzene rings is 2. The molecule has 1 saturated heterocycles. The molecule has 254 valence electrons. The fourth-order valence-corrected chi connectivity index (χ4v) is 4.59. The van der Waals surface area contributed by atoms with Gasteiger partial charge < -0.3 is 29.1 Å². The van der Waals surface area contributed by atoms with Crippen LogP contribution in [-0.2, 0) is 23.5 Å². The van der Waals surface area contributed by atoms with Crippen LogP contribution >= 0.6 is 0 Å². The van der Waals surface area contributed by atoms with Gasteiger partial charge in [0.25, 0.3) is 5.89 Å². The van der Waals surface area contributed by atoms with E-state index in [1.807, 2.05) is 0 Å². The quantitative estimate of drug-likeness (QED) is 0.159. The molecule has 2 aromatic carbocycles. The molecule has 1 aliphatic heterocycles. The molecule has 4 rings (SSSR count). The maximum Gasteiger partial charge on any atom is 0.434 e. The molecule has 0 aliphatic carbocycles. The molecule has 0 spiro atoms. The van der Waals surface area contributed by atoms with E-state index < -0.39 is 65.1 Å². The first-order valence-electron chi connectivity index (χ1n) is 13.9. The number of amides is 2. The molecule has 2 heterocycles. The van der Waals surface area contributed by atoms with E-state index in [4.69, 9.17) is 14.0 Å². The van der Waals surface area contributed by atoms with Crippen molar-refractivity contribution < 1.29 is 60.1 Å². The van der Waals surface area contributed by atoms with Crippen molar-refractivity contribution in [2.24, 2.45) is 4.99 Å². The first-order valence-corrected chi connectivity index (χ1v) is 13.9. The Bertz CT molecular complexity index is 1620. The summed E-state index contributed by atoms with van der Waals surface area (Å²) in [5.41, 5.74) is -2.71. The van der Waals surface area contributed by atoms with Gasteiger partial charge in [-0.15, -0.1) is 4.99 Å². The zero-order valence-electron chi connectivity index (χ0n) is 25.0. The van der Waals surface area contributed by atoms with Crippen LogP contribution in [0, 0.1) is 0 Å². The van der Waals surface area contributed by atoms with E-state index in [0.717, 1.165) is 18.2 Å². The monoisotopic (exact) mass is 673 g/mol. The van der Waals surface area contributed by atoms with Gasteiger partial charge in [0.2, 0.25) is 11.8 Å². The summed E-state index contributed by atoms with van der Waals surface area (Å²) in [6, 6.07) is 5.88. The Morgan fingerprint density at radius 2 is 1.74 bits per heavy atom. The van der Waals surface area contributed by atoms with Gasteiger partial charge in [-0.1, -0.05) is 17.3 Å². The average Bonchev–Trinajstić information content (AvgIpc) is 3.57. The highest BCUT2D eigenvalue weighted by Gasteiger charge is 2.42. The molecule has 3 aromatic rings. The molecule has 3 N–H and O–H groups in total. The van der Waals surface area contributed by atoms with Crippen LogP contribution in [0.25, 0.3) is 11.4 Å². The Hall–Kier alpha value is -4.87. The van der Waals surface area contributed by atoms with Crippen molar-refractivity contribution in [3.05, 3.63) is 65.0 Å². The lowest BCUT2D eigenvalue weighted by molar-refractivity contribution is -0.139. The molecule has 1 aliphatic rings. The van der Waals surface area contributed by atoms with Crippen LogP contribution in [0.1, 0.15) is 55.8 Å². The summed E-state index contributed by atoms with van der Waals surface area (Å²) < 4.78 is 96.1. The minimum Gasteiger partial charge on any atom is -0.493 e. The van der Waals surface area contributed by atoms with Crippen LogP contribution in [0.5, 0.6) is 5.75 Å². The Balaban J connectivity index is 1.54. The number of aliphatic hydroxyl groups excluding tert-OH is 1. The van der Waals surface area contributed by atoms with E-state index in [9.17, 15) is 46.1 Å². The molecule has 47 heavy (non-hydrogen) atoms. The number of nitrogens with zero attached hydrogens (tertiary/aromatic N) is 4. The van der Waals surface area contributed by atoms with Gasteiger partial charge in [0.05, 0.1) is 23.8 Å². The summed E-state index contributed by atoms with van der Waals surface area (Å²) in [7, 11) is 0. The number of hydrogen-bond acceptors (Lipinski definition) is 8. The zero-order valence-corrected chi connectivity index (χ0v) is 25.0. The highest BCUT2D eigenvalue weighted by atomic mass is 19.4. The number of alkyl carbamates (subject to hydrolysis) is 1. The van der Waals surface area contributed by atoms with E-state index in [1.54, 1.807) is 20.8 Å². The van der Waals surface area contributed by atoms with Crippen molar-refractivity contribution in [3.8, 4) is 17.1 Å². The van der Waals surface area contributed by atoms with E-state index in [1.165, 1.54) is 23.1 Å². The number of guanidine groups is 1. The summed E-state index contributed by atoms with van der Waals surface area (Å²) in [6.45, 7) is 4.44. The fraction of sp³-hybridized carbons (Fsp3) is 0.414. The Morgan fingerprint density at radius 3 is 2.34 bits per heavy atom. The SMILES string of the molecule is CC(C)(C)OC(=O)NC(=NC(=O)O)N1CC[C@H](O)[C@H]1c1nc(-c2ccc(OCCc3ccc(C(F)(F)F)cc3)c(C(F)(F)F)c2)no1. The minimum absolute atomic E-state index is 0.0256. The normalized spacial score (nSPS) is 17.5. The number of aliphatic imine (C=N–C) groups is 1. The molecule has 0 saturated carbocycles. The number of halogens is 6. The van der Waals surface area contributed by atoms with Gasteiger partial charge in [0.15, 0.2) is 0 Å². The second-order valence-corrected chi connectivity index (χ2v) is 11.3. The van der Waals surface area contributed by atoms with Gasteiger partial charge in [-0.2, -0.15) is 31.3 Å². The highest BCUT2D eigenvalue weighted by molar-refractivity contribution is 5.98. The lowest BCUT2D eigenvalue weighted by Gasteiger charge is -2.27. The van der Waals surface area contributed by atoms with E-state index >= 15 is 0 Å². The topological polar surface area (TPSA) is 160 Å². The molecule has 18 heteroatoms. The number of rotatable bonds is 6. The third-order valence-corrected chi connectivity index (χ3v) is 6.62. The maximum absolute atomic E-state index is 14.0. The maximum atomic E-state index is 14.0. The number of nitrogens with one attached hydrogen (secondary N) is 1. The molecule has 0 unspecified atom stereocenters. The summed E-state index contributed by atoms with van der Waals surface area (Å²) in [4.78, 5) is 32.4. The number of carbonyl (C=O) groups is 2. The lowest BCUT2D eigenvalue weighted by Crippen LogP contribution is -2.47. The van der Waals surface area contributed by atoms with Crippen molar-refractivity contribution in [2.45, 2.75) is 63.7 Å². The number of aliphatic hydroxyl groups is 1. The van der Waals surface area contributed by atoms with E-state index in [2.05, 4.69) is 20.4 Å². The van der Waals surface area contributed by atoms with Crippen molar-refractivity contribution >= 4 is 18.1 Å². The molecule has 2 amide bonds. The molecule has 2 atom stereocenters. The standard InChI is InChI=1S/C29H29F6N5O7/c1-27(2,3)46-26(44)38-24(37-25(42)43)40-12-10-19(41)21(40)23-36-22(39-47-23)16-6-9-20(18(14-16)29(33,34)35)45-13-11-15-4-7-17(8-5-15)28(30,31)32/h4-9,14,19,21,41H,10-13H2,1-3H3,(H,42,43)(H,37,38,44)/t19-,21-/m0/s1. The number of carbonyl (C=O) groups excluding carboxylic acids is 1. The molecule has 0 bridgehead atoms. The number of hydrogen-bond donors (Lipinski definition) is 3. The van der Waals surface area contributed by atoms with E-state index in [0.29, 0.717) is 11.6 Å². The van der Waals surface area contributed by atoms with Crippen molar-refractivity contribution in [1.29, 1.82) is 0 Å². The zero-order chi connectivity index (χ0) is 34.7. The minimum atomic E-state index is -4.89. The van der Waals surface area contributed by atoms with Crippen molar-refractivity contribution in [3.63, 3.8) is 0 Å². The third-order valence-electron chi connectivity index (χ3n) is 6.62. The van der Waals surface area contributed by atoms with Crippen LogP contribution in [-0.4, -0.2) is 68.3 Å². The summed E-state index contributed by atoms with van der Waals surface area (Å²) in [6.07, 6.45) is -13.3. The smallest absolute Gasteiger partial charge is 0.434 e. The van der Waals surface area contributed by atoms with Gasteiger partial charge in [0, 0.05) is 18.5 Å². The number of ether oxygens (including phenoxy) is 2. The van der Waals surface area contributed by atoms with Crippen LogP contribution < -0.4 is 10.1 Å². The van der Waals surface area contributed by atoms with Crippen molar-refractivity contribution in [2.75, 3.05) is 13.2 Å². The second-order valence-electron chi connectivity index (χ2n) is 11.3. The van der Waals surface area contributed by atoms with Crippen LogP contribution in [0.4, 0.5) is 35.9 Å². The molecular formula is C29H29F6N5O7. The first-order chi connectivity index (χ1) is 21.8. The van der Waals surface area contributed by atoms with Crippen LogP contribution in [0.3, 0.4) is 0 Å². The van der Waals surface area contributed by atoms with Crippen molar-refractivity contribution in [1.82, 2.24) is 20.4 Å². The van der Waals surface area contributed by atoms with Gasteiger partial charge in [-0.3, -0.25) is 5.32 Å². The van der Waals surface area contributed by atoms with Gasteiger partial charge >= 0.3 is 24.5 Å². The summed E-state index contributed by atoms with van der Waals surface area (Å²) >= 11 is 0. The Morgan fingerprint density at radius 1 is 1.06 bits per heavy atom. The predicted octanol–water partition coefficient (Wildman–Crippen LogP) is 6.06. The summed E-state index contributed by atoms with van der Waals surface area (Å²) in [5.74, 6) is -1.67. The Kier molecular flexibility index (Phi) is 10.0. The first kappa shape index (κ1) is 35.0. The largest absolute Gasteiger partial charge is 0.493 e. The third kappa shape index (κ3) is 9.11. The second kappa shape index (κ2) is 13.5. The number of alkyl halides is 6. The van der Waals surface area contributed by atoms with Crippen LogP contribution in [0.15, 0.2) is 52.0 Å². The number of aromatic nitrogens is 2. The van der Waals surface area contributed by atoms with Gasteiger partial charge in [-0.05, 0) is 63.1 Å². The van der Waals surface area contributed by atoms with Crippen LogP contribution in [0.2, 0.25) is 0 Å². The summed E-state index contributed by atoms with van der Waals surface area (Å²) in [5, 5.41) is 25.9.